The van der Waals surface area contributed by atoms with E-state index in [1.165, 1.54) is 0 Å². The van der Waals surface area contributed by atoms with Gasteiger partial charge in [-0.15, -0.1) is 0 Å². The number of hydrogen-bond acceptors (Lipinski definition) is 2. The summed E-state index contributed by atoms with van der Waals surface area (Å²) in [5.74, 6) is -0.814. The minimum Gasteiger partial charge on any atom is -0.333 e. The molecule has 14 heavy (non-hydrogen) atoms. The molecule has 6 heteroatoms. The number of halogens is 2. The van der Waals surface area contributed by atoms with Crippen molar-refractivity contribution in [2.24, 2.45) is 5.92 Å². The molecule has 0 radical (unpaired) electrons. The summed E-state index contributed by atoms with van der Waals surface area (Å²) in [7, 11) is 0. The van der Waals surface area contributed by atoms with E-state index >= 15 is 0 Å². The van der Waals surface area contributed by atoms with E-state index in [4.69, 9.17) is 0 Å². The average molecular weight is 265 g/mol. The molecule has 4 atom stereocenters. The molecule has 1 aliphatic carbocycles. The first kappa shape index (κ1) is 9.89. The minimum absolute atomic E-state index is 0.161. The van der Waals surface area contributed by atoms with Crippen molar-refractivity contribution < 1.29 is 14.0 Å². The van der Waals surface area contributed by atoms with E-state index in [-0.39, 0.29) is 23.2 Å². The number of fused-ring (bicyclic) bond motifs is 1. The van der Waals surface area contributed by atoms with Gasteiger partial charge in [0.25, 0.3) is 0 Å². The highest BCUT2D eigenvalue weighted by molar-refractivity contribution is 9.09. The fourth-order valence-corrected chi connectivity index (χ4v) is 2.92. The van der Waals surface area contributed by atoms with Gasteiger partial charge in [0.05, 0.1) is 12.0 Å². The Kier molecular flexibility index (Phi) is 2.47. The second kappa shape index (κ2) is 3.49. The maximum absolute atomic E-state index is 13.2. The number of urea groups is 1. The summed E-state index contributed by atoms with van der Waals surface area (Å²) in [6, 6.07) is -0.763. The summed E-state index contributed by atoms with van der Waals surface area (Å²) in [5.41, 5.74) is 0. The molecule has 2 fully saturated rings. The first-order valence-corrected chi connectivity index (χ1v) is 5.39. The summed E-state index contributed by atoms with van der Waals surface area (Å²) >= 11 is 3.29. The van der Waals surface area contributed by atoms with E-state index in [0.717, 1.165) is 0 Å². The Balaban J connectivity index is 2.18. The highest BCUT2D eigenvalue weighted by atomic mass is 79.9. The van der Waals surface area contributed by atoms with Crippen molar-refractivity contribution in [3.05, 3.63) is 0 Å². The van der Waals surface area contributed by atoms with Crippen LogP contribution in [0.2, 0.25) is 0 Å². The van der Waals surface area contributed by atoms with Gasteiger partial charge in [0.2, 0.25) is 5.91 Å². The van der Waals surface area contributed by atoms with Gasteiger partial charge < -0.3 is 5.32 Å². The number of rotatable bonds is 0. The van der Waals surface area contributed by atoms with E-state index in [1.807, 2.05) is 0 Å². The maximum Gasteiger partial charge on any atom is 0.321 e. The predicted octanol–water partition coefficient (Wildman–Crippen LogP) is 0.706. The molecule has 1 saturated heterocycles. The molecule has 2 rings (SSSR count). The molecule has 0 bridgehead atoms. The molecular formula is C8H10BrFN2O2. The zero-order chi connectivity index (χ0) is 10.3. The third-order valence-corrected chi connectivity index (χ3v) is 3.63. The van der Waals surface area contributed by atoms with Crippen LogP contribution in [0.15, 0.2) is 0 Å². The maximum atomic E-state index is 13.2. The molecule has 2 aliphatic rings. The minimum atomic E-state index is -0.971. The molecule has 4 nitrogen and oxygen atoms in total. The average Bonchev–Trinajstić information content (AvgIpc) is 2.07. The third-order valence-electron chi connectivity index (χ3n) is 2.69. The largest absolute Gasteiger partial charge is 0.333 e. The van der Waals surface area contributed by atoms with E-state index in [9.17, 15) is 14.0 Å². The van der Waals surface area contributed by atoms with Crippen LogP contribution < -0.4 is 10.6 Å². The van der Waals surface area contributed by atoms with Crippen LogP contribution in [0.25, 0.3) is 0 Å². The Morgan fingerprint density at radius 2 is 2.07 bits per heavy atom. The Morgan fingerprint density at radius 3 is 2.79 bits per heavy atom. The summed E-state index contributed by atoms with van der Waals surface area (Å²) in [6.07, 6.45) is -0.436. The molecule has 1 heterocycles. The number of imide groups is 1. The molecule has 3 amide bonds. The Morgan fingerprint density at radius 1 is 1.36 bits per heavy atom. The lowest BCUT2D eigenvalue weighted by Crippen LogP contribution is -2.63. The quantitative estimate of drug-likeness (QED) is 0.633. The van der Waals surface area contributed by atoms with Gasteiger partial charge in [-0.2, -0.15) is 0 Å². The Labute approximate surface area is 88.7 Å². The summed E-state index contributed by atoms with van der Waals surface area (Å²) < 4.78 is 13.2. The van der Waals surface area contributed by atoms with Crippen LogP contribution in [0.4, 0.5) is 9.18 Å². The highest BCUT2D eigenvalue weighted by Crippen LogP contribution is 2.32. The Bertz CT molecular complexity index is 287. The highest BCUT2D eigenvalue weighted by Gasteiger charge is 2.44. The van der Waals surface area contributed by atoms with Crippen LogP contribution in [0.5, 0.6) is 0 Å². The SMILES string of the molecule is O=C1NC(=O)C2CC(F)CC(Br)C2N1. The lowest BCUT2D eigenvalue weighted by Gasteiger charge is -2.39. The van der Waals surface area contributed by atoms with Crippen LogP contribution in [0.3, 0.4) is 0 Å². The van der Waals surface area contributed by atoms with Gasteiger partial charge in [-0.3, -0.25) is 10.1 Å². The van der Waals surface area contributed by atoms with Crippen molar-refractivity contribution in [3.63, 3.8) is 0 Å². The van der Waals surface area contributed by atoms with Crippen LogP contribution in [0, 0.1) is 5.92 Å². The van der Waals surface area contributed by atoms with Gasteiger partial charge in [-0.1, -0.05) is 15.9 Å². The van der Waals surface area contributed by atoms with Crippen LogP contribution >= 0.6 is 15.9 Å². The molecule has 1 aliphatic heterocycles. The molecule has 78 valence electrons. The van der Waals surface area contributed by atoms with Crippen molar-refractivity contribution in [3.8, 4) is 0 Å². The zero-order valence-corrected chi connectivity index (χ0v) is 8.88. The van der Waals surface area contributed by atoms with Crippen molar-refractivity contribution in [2.75, 3.05) is 0 Å². The lowest BCUT2D eigenvalue weighted by molar-refractivity contribution is -0.127. The predicted molar refractivity (Wildman–Crippen MR) is 50.8 cm³/mol. The summed E-state index contributed by atoms with van der Waals surface area (Å²) in [6.45, 7) is 0. The standard InChI is InChI=1S/C8H10BrFN2O2/c9-5-2-3(10)1-4-6(5)11-8(14)12-7(4)13/h3-6H,1-2H2,(H2,11,12,13,14). The van der Waals surface area contributed by atoms with Gasteiger partial charge in [-0.25, -0.2) is 9.18 Å². The fourth-order valence-electron chi connectivity index (χ4n) is 2.01. The Hall–Kier alpha value is -0.650. The van der Waals surface area contributed by atoms with Gasteiger partial charge >= 0.3 is 6.03 Å². The van der Waals surface area contributed by atoms with Crippen LogP contribution in [-0.2, 0) is 4.79 Å². The van der Waals surface area contributed by atoms with E-state index in [2.05, 4.69) is 26.6 Å². The van der Waals surface area contributed by atoms with Crippen LogP contribution in [-0.4, -0.2) is 29.0 Å². The number of nitrogens with one attached hydrogen (secondary N) is 2. The molecule has 2 N–H and O–H groups in total. The van der Waals surface area contributed by atoms with Crippen molar-refractivity contribution in [1.29, 1.82) is 0 Å². The van der Waals surface area contributed by atoms with Gasteiger partial charge in [-0.05, 0) is 12.8 Å². The molecule has 0 aromatic heterocycles. The number of hydrogen-bond donors (Lipinski definition) is 2. The van der Waals surface area contributed by atoms with Crippen molar-refractivity contribution in [1.82, 2.24) is 10.6 Å². The molecule has 1 saturated carbocycles. The molecule has 0 aromatic rings. The van der Waals surface area contributed by atoms with Gasteiger partial charge in [0.1, 0.15) is 6.17 Å². The number of alkyl halides is 2. The van der Waals surface area contributed by atoms with Crippen LogP contribution in [0.1, 0.15) is 12.8 Å². The lowest BCUT2D eigenvalue weighted by atomic mass is 9.82. The normalized spacial score (nSPS) is 42.4. The molecule has 4 unspecified atom stereocenters. The van der Waals surface area contributed by atoms with E-state index < -0.39 is 18.1 Å². The number of carbonyl (C=O) groups excluding carboxylic acids is 2. The monoisotopic (exact) mass is 264 g/mol. The smallest absolute Gasteiger partial charge is 0.321 e. The summed E-state index contributed by atoms with van der Waals surface area (Å²) in [4.78, 5) is 22.2. The van der Waals surface area contributed by atoms with Crippen molar-refractivity contribution >= 4 is 27.9 Å². The zero-order valence-electron chi connectivity index (χ0n) is 7.30. The summed E-state index contributed by atoms with van der Waals surface area (Å²) in [5, 5.41) is 4.78. The number of amides is 3. The van der Waals surface area contributed by atoms with E-state index in [1.54, 1.807) is 0 Å². The van der Waals surface area contributed by atoms with Gasteiger partial charge in [0, 0.05) is 4.83 Å². The fraction of sp³-hybridized carbons (Fsp3) is 0.750. The molecule has 0 aromatic carbocycles. The first-order chi connectivity index (χ1) is 6.58. The molecule has 0 spiro atoms. The first-order valence-electron chi connectivity index (χ1n) is 4.47. The third kappa shape index (κ3) is 1.63. The topological polar surface area (TPSA) is 58.2 Å². The van der Waals surface area contributed by atoms with E-state index in [0.29, 0.717) is 6.42 Å². The number of carbonyl (C=O) groups is 2. The second-order valence-corrected chi connectivity index (χ2v) is 4.86. The molecular weight excluding hydrogens is 255 g/mol. The van der Waals surface area contributed by atoms with Gasteiger partial charge in [0.15, 0.2) is 0 Å². The second-order valence-electron chi connectivity index (χ2n) is 3.68. The van der Waals surface area contributed by atoms with Crippen molar-refractivity contribution in [2.45, 2.75) is 29.9 Å².